The first-order valence-electron chi connectivity index (χ1n) is 5.74. The molecule has 1 N–H and O–H groups in total. The first-order valence-corrected chi connectivity index (χ1v) is 5.74. The molecule has 0 aliphatic heterocycles. The molecule has 1 atom stereocenters. The Hall–Kier alpha value is -2.10. The van der Waals surface area contributed by atoms with E-state index < -0.39 is 34.6 Å². The SMILES string of the molecule is CCC(C)(C#N)NC(=O)c1cccc(C(F)(F)F)c1F. The summed E-state index contributed by atoms with van der Waals surface area (Å²) in [6.45, 7) is 3.02. The summed E-state index contributed by atoms with van der Waals surface area (Å²) in [7, 11) is 0. The minimum Gasteiger partial charge on any atom is -0.334 e. The molecule has 1 amide bonds. The Morgan fingerprint density at radius 1 is 1.40 bits per heavy atom. The minimum atomic E-state index is -4.89. The van der Waals surface area contributed by atoms with E-state index in [1.807, 2.05) is 6.07 Å². The lowest BCUT2D eigenvalue weighted by Gasteiger charge is -2.21. The molecule has 0 fully saturated rings. The van der Waals surface area contributed by atoms with E-state index in [0.29, 0.717) is 6.07 Å². The van der Waals surface area contributed by atoms with Crippen molar-refractivity contribution >= 4 is 5.91 Å². The molecular weight excluding hydrogens is 276 g/mol. The van der Waals surface area contributed by atoms with Crippen LogP contribution in [-0.4, -0.2) is 11.4 Å². The van der Waals surface area contributed by atoms with Gasteiger partial charge in [0.1, 0.15) is 11.4 Å². The van der Waals surface area contributed by atoms with Crippen LogP contribution in [0, 0.1) is 17.1 Å². The first kappa shape index (κ1) is 16.0. The lowest BCUT2D eigenvalue weighted by atomic mass is 10.00. The Morgan fingerprint density at radius 3 is 2.45 bits per heavy atom. The number of hydrogen-bond acceptors (Lipinski definition) is 2. The second-order valence-electron chi connectivity index (χ2n) is 4.42. The Morgan fingerprint density at radius 2 is 2.00 bits per heavy atom. The van der Waals surface area contributed by atoms with E-state index in [-0.39, 0.29) is 6.42 Å². The number of carbonyl (C=O) groups is 1. The fraction of sp³-hybridized carbons (Fsp3) is 0.385. The maximum Gasteiger partial charge on any atom is 0.419 e. The van der Waals surface area contributed by atoms with Crippen molar-refractivity contribution in [2.45, 2.75) is 32.0 Å². The molecule has 0 aliphatic carbocycles. The summed E-state index contributed by atoms with van der Waals surface area (Å²) in [5, 5.41) is 11.1. The van der Waals surface area contributed by atoms with Gasteiger partial charge in [0.05, 0.1) is 17.2 Å². The third-order valence-corrected chi connectivity index (χ3v) is 2.89. The van der Waals surface area contributed by atoms with Crippen LogP contribution in [0.25, 0.3) is 0 Å². The molecule has 1 aromatic rings. The summed E-state index contributed by atoms with van der Waals surface area (Å²) in [4.78, 5) is 11.8. The quantitative estimate of drug-likeness (QED) is 0.868. The van der Waals surface area contributed by atoms with Crippen molar-refractivity contribution < 1.29 is 22.4 Å². The highest BCUT2D eigenvalue weighted by molar-refractivity contribution is 5.95. The van der Waals surface area contributed by atoms with Crippen molar-refractivity contribution in [3.8, 4) is 6.07 Å². The Labute approximate surface area is 113 Å². The van der Waals surface area contributed by atoms with Crippen LogP contribution in [0.5, 0.6) is 0 Å². The fourth-order valence-electron chi connectivity index (χ4n) is 1.44. The molecule has 1 rings (SSSR count). The zero-order valence-electron chi connectivity index (χ0n) is 10.8. The second-order valence-corrected chi connectivity index (χ2v) is 4.42. The van der Waals surface area contributed by atoms with Gasteiger partial charge in [0, 0.05) is 0 Å². The van der Waals surface area contributed by atoms with Crippen LogP contribution in [0.4, 0.5) is 17.6 Å². The van der Waals surface area contributed by atoms with Gasteiger partial charge in [-0.3, -0.25) is 4.79 Å². The average molecular weight is 288 g/mol. The van der Waals surface area contributed by atoms with Crippen molar-refractivity contribution in [2.75, 3.05) is 0 Å². The molecule has 3 nitrogen and oxygen atoms in total. The van der Waals surface area contributed by atoms with Crippen LogP contribution in [0.2, 0.25) is 0 Å². The summed E-state index contributed by atoms with van der Waals surface area (Å²) in [6.07, 6.45) is -4.65. The summed E-state index contributed by atoms with van der Waals surface area (Å²) < 4.78 is 51.4. The van der Waals surface area contributed by atoms with E-state index in [4.69, 9.17) is 5.26 Å². The van der Waals surface area contributed by atoms with Gasteiger partial charge < -0.3 is 5.32 Å². The molecule has 108 valence electrons. The summed E-state index contributed by atoms with van der Waals surface area (Å²) in [6, 6.07) is 4.25. The Kier molecular flexibility index (Phi) is 4.38. The summed E-state index contributed by atoms with van der Waals surface area (Å²) >= 11 is 0. The number of rotatable bonds is 3. The predicted molar refractivity (Wildman–Crippen MR) is 63.2 cm³/mol. The third-order valence-electron chi connectivity index (χ3n) is 2.89. The van der Waals surface area contributed by atoms with Crippen molar-refractivity contribution in [3.63, 3.8) is 0 Å². The molecule has 1 aromatic carbocycles. The molecule has 0 spiro atoms. The molecule has 0 aliphatic rings. The van der Waals surface area contributed by atoms with Crippen LogP contribution >= 0.6 is 0 Å². The summed E-state index contributed by atoms with van der Waals surface area (Å²) in [5.74, 6) is -2.70. The van der Waals surface area contributed by atoms with Gasteiger partial charge in [-0.05, 0) is 25.5 Å². The standard InChI is InChI=1S/C13H12F4N2O/c1-3-12(2,7-18)19-11(20)8-5-4-6-9(10(8)14)13(15,16)17/h4-6H,3H2,1-2H3,(H,19,20). The van der Waals surface area contributed by atoms with Crippen LogP contribution in [0.3, 0.4) is 0 Å². The van der Waals surface area contributed by atoms with Gasteiger partial charge in [-0.2, -0.15) is 18.4 Å². The van der Waals surface area contributed by atoms with E-state index in [2.05, 4.69) is 5.32 Å². The number of hydrogen-bond donors (Lipinski definition) is 1. The fourth-order valence-corrected chi connectivity index (χ4v) is 1.44. The Bertz CT molecular complexity index is 562. The van der Waals surface area contributed by atoms with E-state index >= 15 is 0 Å². The minimum absolute atomic E-state index is 0.232. The highest BCUT2D eigenvalue weighted by Crippen LogP contribution is 2.32. The van der Waals surface area contributed by atoms with E-state index in [9.17, 15) is 22.4 Å². The maximum atomic E-state index is 13.7. The van der Waals surface area contributed by atoms with Gasteiger partial charge in [-0.1, -0.05) is 13.0 Å². The van der Waals surface area contributed by atoms with Crippen molar-refractivity contribution in [3.05, 3.63) is 35.1 Å². The van der Waals surface area contributed by atoms with Crippen molar-refractivity contribution in [2.24, 2.45) is 0 Å². The van der Waals surface area contributed by atoms with Gasteiger partial charge in [0.15, 0.2) is 0 Å². The normalized spacial score (nSPS) is 14.2. The smallest absolute Gasteiger partial charge is 0.334 e. The monoisotopic (exact) mass is 288 g/mol. The van der Waals surface area contributed by atoms with E-state index in [1.54, 1.807) is 6.92 Å². The van der Waals surface area contributed by atoms with Crippen LogP contribution < -0.4 is 5.32 Å². The maximum absolute atomic E-state index is 13.7. The highest BCUT2D eigenvalue weighted by atomic mass is 19.4. The second kappa shape index (κ2) is 5.49. The molecule has 0 heterocycles. The van der Waals surface area contributed by atoms with Gasteiger partial charge in [0.2, 0.25) is 0 Å². The third kappa shape index (κ3) is 3.26. The summed E-state index contributed by atoms with van der Waals surface area (Å²) in [5.41, 5.74) is -3.52. The highest BCUT2D eigenvalue weighted by Gasteiger charge is 2.36. The molecule has 1 unspecified atom stereocenters. The number of nitrogens with one attached hydrogen (secondary N) is 1. The topological polar surface area (TPSA) is 52.9 Å². The van der Waals surface area contributed by atoms with Crippen molar-refractivity contribution in [1.82, 2.24) is 5.32 Å². The molecule has 20 heavy (non-hydrogen) atoms. The lowest BCUT2D eigenvalue weighted by Crippen LogP contribution is -2.44. The number of carbonyl (C=O) groups excluding carboxylic acids is 1. The number of nitriles is 1. The van der Waals surface area contributed by atoms with Crippen molar-refractivity contribution in [1.29, 1.82) is 5.26 Å². The van der Waals surface area contributed by atoms with E-state index in [0.717, 1.165) is 12.1 Å². The molecule has 0 bridgehead atoms. The van der Waals surface area contributed by atoms with Gasteiger partial charge in [-0.15, -0.1) is 0 Å². The number of halogens is 4. The zero-order chi connectivity index (χ0) is 15.6. The zero-order valence-corrected chi connectivity index (χ0v) is 10.8. The predicted octanol–water partition coefficient (Wildman–Crippen LogP) is 3.27. The lowest BCUT2D eigenvalue weighted by molar-refractivity contribution is -0.140. The molecule has 0 saturated carbocycles. The van der Waals surface area contributed by atoms with Crippen LogP contribution in [0.15, 0.2) is 18.2 Å². The van der Waals surface area contributed by atoms with Gasteiger partial charge in [0.25, 0.3) is 5.91 Å². The molecule has 0 saturated heterocycles. The van der Waals surface area contributed by atoms with Gasteiger partial charge in [-0.25, -0.2) is 4.39 Å². The van der Waals surface area contributed by atoms with E-state index in [1.165, 1.54) is 6.92 Å². The molecule has 0 radical (unpaired) electrons. The molecule has 0 aromatic heterocycles. The Balaban J connectivity index is 3.17. The number of benzene rings is 1. The van der Waals surface area contributed by atoms with Crippen LogP contribution in [0.1, 0.15) is 36.2 Å². The van der Waals surface area contributed by atoms with Gasteiger partial charge >= 0.3 is 6.18 Å². The number of amides is 1. The largest absolute Gasteiger partial charge is 0.419 e. The number of alkyl halides is 3. The molecular formula is C13H12F4N2O. The average Bonchev–Trinajstić information content (AvgIpc) is 2.37. The van der Waals surface area contributed by atoms with Crippen LogP contribution in [-0.2, 0) is 6.18 Å². The first-order chi connectivity index (χ1) is 9.14. The number of nitrogens with zero attached hydrogens (tertiary/aromatic N) is 1. The molecule has 7 heteroatoms.